The lowest BCUT2D eigenvalue weighted by atomic mass is 10.1. The van der Waals surface area contributed by atoms with Gasteiger partial charge in [0.15, 0.2) is 5.84 Å². The van der Waals surface area contributed by atoms with Crippen LogP contribution in [0.5, 0.6) is 0 Å². The summed E-state index contributed by atoms with van der Waals surface area (Å²) >= 11 is 5.99. The molecule has 0 saturated carbocycles. The first-order valence-electron chi connectivity index (χ1n) is 6.55. The fourth-order valence-electron chi connectivity index (χ4n) is 2.27. The van der Waals surface area contributed by atoms with E-state index in [1.165, 1.54) is 11.1 Å². The van der Waals surface area contributed by atoms with Gasteiger partial charge in [0.2, 0.25) is 0 Å². The SMILES string of the molecule is Cc1cccc(CN(C)c2ccc(Cl)cc2C(N)=NO)c1. The Morgan fingerprint density at radius 3 is 2.71 bits per heavy atom. The van der Waals surface area contributed by atoms with E-state index in [4.69, 9.17) is 22.5 Å². The highest BCUT2D eigenvalue weighted by Gasteiger charge is 2.12. The summed E-state index contributed by atoms with van der Waals surface area (Å²) < 4.78 is 0. The number of halogens is 1. The molecule has 110 valence electrons. The Bertz CT molecular complexity index is 670. The maximum absolute atomic E-state index is 8.91. The number of anilines is 1. The van der Waals surface area contributed by atoms with Gasteiger partial charge in [-0.1, -0.05) is 46.6 Å². The number of hydrogen-bond acceptors (Lipinski definition) is 3. The van der Waals surface area contributed by atoms with Gasteiger partial charge in [-0.25, -0.2) is 0 Å². The molecule has 0 aliphatic carbocycles. The van der Waals surface area contributed by atoms with Crippen molar-refractivity contribution in [2.45, 2.75) is 13.5 Å². The van der Waals surface area contributed by atoms with E-state index in [-0.39, 0.29) is 5.84 Å². The molecule has 0 atom stereocenters. The van der Waals surface area contributed by atoms with E-state index >= 15 is 0 Å². The molecule has 0 radical (unpaired) electrons. The molecule has 0 saturated heterocycles. The first kappa shape index (κ1) is 15.2. The molecule has 2 rings (SSSR count). The van der Waals surface area contributed by atoms with Crippen LogP contribution in [-0.2, 0) is 6.54 Å². The molecule has 5 heteroatoms. The van der Waals surface area contributed by atoms with Gasteiger partial charge in [-0.05, 0) is 30.7 Å². The van der Waals surface area contributed by atoms with Gasteiger partial charge in [0.05, 0.1) is 0 Å². The molecule has 0 spiro atoms. The van der Waals surface area contributed by atoms with Crippen molar-refractivity contribution < 1.29 is 5.21 Å². The van der Waals surface area contributed by atoms with Gasteiger partial charge in [-0.15, -0.1) is 0 Å². The van der Waals surface area contributed by atoms with Crippen LogP contribution in [0.4, 0.5) is 5.69 Å². The summed E-state index contributed by atoms with van der Waals surface area (Å²) in [6.45, 7) is 2.78. The fraction of sp³-hybridized carbons (Fsp3) is 0.188. The van der Waals surface area contributed by atoms with Gasteiger partial charge in [-0.3, -0.25) is 0 Å². The third-order valence-corrected chi connectivity index (χ3v) is 3.49. The minimum absolute atomic E-state index is 0.0450. The molecule has 4 nitrogen and oxygen atoms in total. The Hall–Kier alpha value is -2.20. The average molecular weight is 304 g/mol. The van der Waals surface area contributed by atoms with Gasteiger partial charge in [0, 0.05) is 29.9 Å². The number of amidine groups is 1. The lowest BCUT2D eigenvalue weighted by Gasteiger charge is -2.22. The predicted molar refractivity (Wildman–Crippen MR) is 87.2 cm³/mol. The molecule has 3 N–H and O–H groups in total. The van der Waals surface area contributed by atoms with Crippen LogP contribution in [-0.4, -0.2) is 18.1 Å². The summed E-state index contributed by atoms with van der Waals surface area (Å²) in [4.78, 5) is 2.04. The van der Waals surface area contributed by atoms with E-state index in [9.17, 15) is 0 Å². The van der Waals surface area contributed by atoms with Crippen molar-refractivity contribution in [3.63, 3.8) is 0 Å². The number of rotatable bonds is 4. The van der Waals surface area contributed by atoms with Crippen LogP contribution in [0.25, 0.3) is 0 Å². The zero-order valence-electron chi connectivity index (χ0n) is 12.0. The van der Waals surface area contributed by atoms with Crippen LogP contribution < -0.4 is 10.6 Å². The second-order valence-corrected chi connectivity index (χ2v) is 5.43. The predicted octanol–water partition coefficient (Wildman–Crippen LogP) is 3.38. The molecule has 0 aliphatic rings. The number of nitrogens with zero attached hydrogens (tertiary/aromatic N) is 2. The van der Waals surface area contributed by atoms with Crippen LogP contribution >= 0.6 is 11.6 Å². The van der Waals surface area contributed by atoms with Crippen molar-refractivity contribution in [1.82, 2.24) is 0 Å². The van der Waals surface area contributed by atoms with Gasteiger partial charge in [0.25, 0.3) is 0 Å². The molecule has 0 unspecified atom stereocenters. The monoisotopic (exact) mass is 303 g/mol. The normalized spacial score (nSPS) is 11.5. The Morgan fingerprint density at radius 1 is 1.29 bits per heavy atom. The van der Waals surface area contributed by atoms with Crippen LogP contribution in [0.1, 0.15) is 16.7 Å². The molecular formula is C16H18ClN3O. The van der Waals surface area contributed by atoms with E-state index in [1.54, 1.807) is 12.1 Å². The maximum Gasteiger partial charge on any atom is 0.172 e. The Balaban J connectivity index is 2.33. The molecule has 0 bridgehead atoms. The minimum atomic E-state index is 0.0450. The quantitative estimate of drug-likeness (QED) is 0.394. The third-order valence-electron chi connectivity index (χ3n) is 3.26. The smallest absolute Gasteiger partial charge is 0.172 e. The second-order valence-electron chi connectivity index (χ2n) is 4.99. The highest BCUT2D eigenvalue weighted by molar-refractivity contribution is 6.31. The van der Waals surface area contributed by atoms with Crippen molar-refractivity contribution >= 4 is 23.1 Å². The summed E-state index contributed by atoms with van der Waals surface area (Å²) in [5.41, 5.74) is 9.61. The minimum Gasteiger partial charge on any atom is -0.409 e. The Kier molecular flexibility index (Phi) is 4.70. The van der Waals surface area contributed by atoms with E-state index in [1.807, 2.05) is 24.1 Å². The van der Waals surface area contributed by atoms with E-state index in [2.05, 4.69) is 30.3 Å². The van der Waals surface area contributed by atoms with Gasteiger partial charge < -0.3 is 15.8 Å². The van der Waals surface area contributed by atoms with Crippen LogP contribution in [0.3, 0.4) is 0 Å². The number of benzene rings is 2. The summed E-state index contributed by atoms with van der Waals surface area (Å²) in [5, 5.41) is 12.5. The van der Waals surface area contributed by atoms with Gasteiger partial charge in [0.1, 0.15) is 0 Å². The number of oxime groups is 1. The molecule has 2 aromatic carbocycles. The molecule has 0 amide bonds. The highest BCUT2D eigenvalue weighted by Crippen LogP contribution is 2.25. The third kappa shape index (κ3) is 3.67. The van der Waals surface area contributed by atoms with Crippen LogP contribution in [0, 0.1) is 6.92 Å². The van der Waals surface area contributed by atoms with Crippen molar-refractivity contribution in [3.05, 3.63) is 64.2 Å². The Morgan fingerprint density at radius 2 is 2.05 bits per heavy atom. The molecule has 2 aromatic rings. The van der Waals surface area contributed by atoms with Crippen molar-refractivity contribution in [2.75, 3.05) is 11.9 Å². The summed E-state index contributed by atoms with van der Waals surface area (Å²) in [7, 11) is 1.96. The summed E-state index contributed by atoms with van der Waals surface area (Å²) in [5.74, 6) is 0.0450. The lowest BCUT2D eigenvalue weighted by molar-refractivity contribution is 0.318. The number of hydrogen-bond donors (Lipinski definition) is 2. The van der Waals surface area contributed by atoms with E-state index in [0.717, 1.165) is 12.2 Å². The zero-order chi connectivity index (χ0) is 15.4. The summed E-state index contributed by atoms with van der Waals surface area (Å²) in [6, 6.07) is 13.7. The van der Waals surface area contributed by atoms with Gasteiger partial charge >= 0.3 is 0 Å². The van der Waals surface area contributed by atoms with Crippen LogP contribution in [0.2, 0.25) is 5.02 Å². The van der Waals surface area contributed by atoms with E-state index in [0.29, 0.717) is 10.6 Å². The average Bonchev–Trinajstić information content (AvgIpc) is 2.46. The fourth-order valence-corrected chi connectivity index (χ4v) is 2.44. The molecule has 21 heavy (non-hydrogen) atoms. The van der Waals surface area contributed by atoms with Crippen molar-refractivity contribution in [2.24, 2.45) is 10.9 Å². The number of nitrogens with two attached hydrogens (primary N) is 1. The largest absolute Gasteiger partial charge is 0.409 e. The second kappa shape index (κ2) is 6.50. The Labute approximate surface area is 129 Å². The first-order chi connectivity index (χ1) is 10.0. The van der Waals surface area contributed by atoms with Crippen LogP contribution in [0.15, 0.2) is 47.6 Å². The zero-order valence-corrected chi connectivity index (χ0v) is 12.8. The molecule has 0 fully saturated rings. The van der Waals surface area contributed by atoms with Gasteiger partial charge in [-0.2, -0.15) is 0 Å². The molecule has 0 aliphatic heterocycles. The highest BCUT2D eigenvalue weighted by atomic mass is 35.5. The number of aryl methyl sites for hydroxylation is 1. The van der Waals surface area contributed by atoms with Crippen molar-refractivity contribution in [3.8, 4) is 0 Å². The van der Waals surface area contributed by atoms with E-state index < -0.39 is 0 Å². The van der Waals surface area contributed by atoms with Crippen molar-refractivity contribution in [1.29, 1.82) is 0 Å². The molecule has 0 heterocycles. The molecular weight excluding hydrogens is 286 g/mol. The molecule has 0 aromatic heterocycles. The summed E-state index contributed by atoms with van der Waals surface area (Å²) in [6.07, 6.45) is 0. The maximum atomic E-state index is 8.91. The standard InChI is InChI=1S/C16H18ClN3O/c1-11-4-3-5-12(8-11)10-20(2)15-7-6-13(17)9-14(15)16(18)19-21/h3-9,21H,10H2,1-2H3,(H2,18,19). The lowest BCUT2D eigenvalue weighted by Crippen LogP contribution is -2.22. The first-order valence-corrected chi connectivity index (χ1v) is 6.93. The topological polar surface area (TPSA) is 61.8 Å².